The molecule has 1 aliphatic rings. The Morgan fingerprint density at radius 3 is 2.53 bits per heavy atom. The van der Waals surface area contributed by atoms with Crippen molar-refractivity contribution in [1.29, 1.82) is 0 Å². The van der Waals surface area contributed by atoms with Gasteiger partial charge in [0.2, 0.25) is 0 Å². The van der Waals surface area contributed by atoms with Crippen LogP contribution in [0.3, 0.4) is 0 Å². The molecule has 164 valence electrons. The molecule has 4 rings (SSSR count). The lowest BCUT2D eigenvalue weighted by molar-refractivity contribution is 0.0950. The first-order chi connectivity index (χ1) is 15.6. The zero-order valence-corrected chi connectivity index (χ0v) is 18.5. The Bertz CT molecular complexity index is 1070. The van der Waals surface area contributed by atoms with Gasteiger partial charge >= 0.3 is 6.03 Å². The Balaban J connectivity index is 1.38. The second kappa shape index (κ2) is 10.3. The largest absolute Gasteiger partial charge is 0.348 e. The van der Waals surface area contributed by atoms with Crippen LogP contribution in [0.5, 0.6) is 0 Å². The number of amides is 3. The fraction of sp³-hybridized carbons (Fsp3) is 0.231. The SMILES string of the molecule is O=C(NCc1ccccc1)c1cccc([C@@H]2CCCN(C(=O)Nc3ccc(Cl)cc3)C2)c1. The maximum atomic E-state index is 12.7. The van der Waals surface area contributed by atoms with Gasteiger partial charge in [-0.15, -0.1) is 0 Å². The molecular weight excluding hydrogens is 422 g/mol. The van der Waals surface area contributed by atoms with Gasteiger partial charge in [-0.1, -0.05) is 54.1 Å². The van der Waals surface area contributed by atoms with Crippen molar-refractivity contribution in [2.24, 2.45) is 0 Å². The van der Waals surface area contributed by atoms with Crippen molar-refractivity contribution >= 4 is 29.2 Å². The smallest absolute Gasteiger partial charge is 0.321 e. The summed E-state index contributed by atoms with van der Waals surface area (Å²) in [5.74, 6) is 0.102. The lowest BCUT2D eigenvalue weighted by atomic mass is 9.89. The number of carbonyl (C=O) groups is 2. The Morgan fingerprint density at radius 2 is 1.75 bits per heavy atom. The molecule has 0 radical (unpaired) electrons. The van der Waals surface area contributed by atoms with Crippen LogP contribution < -0.4 is 10.6 Å². The molecule has 1 atom stereocenters. The minimum Gasteiger partial charge on any atom is -0.348 e. The summed E-state index contributed by atoms with van der Waals surface area (Å²) in [7, 11) is 0. The molecule has 3 aromatic carbocycles. The number of nitrogens with zero attached hydrogens (tertiary/aromatic N) is 1. The molecular formula is C26H26ClN3O2. The summed E-state index contributed by atoms with van der Waals surface area (Å²) >= 11 is 5.92. The highest BCUT2D eigenvalue weighted by molar-refractivity contribution is 6.30. The summed E-state index contributed by atoms with van der Waals surface area (Å²) in [5, 5.41) is 6.55. The molecule has 0 aromatic heterocycles. The first kappa shape index (κ1) is 21.9. The van der Waals surface area contributed by atoms with Gasteiger partial charge in [-0.05, 0) is 60.4 Å². The number of hydrogen-bond donors (Lipinski definition) is 2. The van der Waals surface area contributed by atoms with E-state index in [-0.39, 0.29) is 17.9 Å². The summed E-state index contributed by atoms with van der Waals surface area (Å²) in [6.45, 7) is 1.83. The van der Waals surface area contributed by atoms with Gasteiger partial charge in [0, 0.05) is 41.8 Å². The van der Waals surface area contributed by atoms with Crippen molar-refractivity contribution in [2.75, 3.05) is 18.4 Å². The first-order valence-electron chi connectivity index (χ1n) is 10.8. The van der Waals surface area contributed by atoms with Crippen LogP contribution in [0, 0.1) is 0 Å². The summed E-state index contributed by atoms with van der Waals surface area (Å²) in [6, 6.07) is 24.6. The lowest BCUT2D eigenvalue weighted by Crippen LogP contribution is -2.41. The van der Waals surface area contributed by atoms with Crippen molar-refractivity contribution in [1.82, 2.24) is 10.2 Å². The van der Waals surface area contributed by atoms with E-state index >= 15 is 0 Å². The minimum atomic E-state index is -0.117. The lowest BCUT2D eigenvalue weighted by Gasteiger charge is -2.33. The second-order valence-electron chi connectivity index (χ2n) is 8.02. The Hall–Kier alpha value is -3.31. The van der Waals surface area contributed by atoms with Gasteiger partial charge in [0.25, 0.3) is 5.91 Å². The van der Waals surface area contributed by atoms with Crippen LogP contribution in [0.25, 0.3) is 0 Å². The van der Waals surface area contributed by atoms with Crippen molar-refractivity contribution in [3.05, 3.63) is 101 Å². The van der Waals surface area contributed by atoms with Gasteiger partial charge in [-0.2, -0.15) is 0 Å². The molecule has 0 unspecified atom stereocenters. The highest BCUT2D eigenvalue weighted by Crippen LogP contribution is 2.28. The number of likely N-dealkylation sites (tertiary alicyclic amines) is 1. The fourth-order valence-corrected chi connectivity index (χ4v) is 4.11. The molecule has 0 aliphatic carbocycles. The van der Waals surface area contributed by atoms with Gasteiger partial charge < -0.3 is 15.5 Å². The van der Waals surface area contributed by atoms with E-state index in [0.717, 1.165) is 29.7 Å². The number of hydrogen-bond acceptors (Lipinski definition) is 2. The predicted molar refractivity (Wildman–Crippen MR) is 128 cm³/mol. The standard InChI is InChI=1S/C26H26ClN3O2/c27-23-11-13-24(14-12-23)29-26(32)30-15-5-10-22(18-30)20-8-4-9-21(16-20)25(31)28-17-19-6-2-1-3-7-19/h1-4,6-9,11-14,16,22H,5,10,15,17-18H2,(H,28,31)(H,29,32)/t22-/m1/s1. The van der Waals surface area contributed by atoms with Crippen LogP contribution in [0.15, 0.2) is 78.9 Å². The molecule has 6 heteroatoms. The number of rotatable bonds is 5. The van der Waals surface area contributed by atoms with Crippen LogP contribution in [-0.4, -0.2) is 29.9 Å². The molecule has 0 saturated carbocycles. The van der Waals surface area contributed by atoms with E-state index in [4.69, 9.17) is 11.6 Å². The van der Waals surface area contributed by atoms with Crippen LogP contribution in [0.4, 0.5) is 10.5 Å². The third kappa shape index (κ3) is 5.68. The van der Waals surface area contributed by atoms with E-state index < -0.39 is 0 Å². The average molecular weight is 448 g/mol. The average Bonchev–Trinajstić information content (AvgIpc) is 2.85. The number of benzene rings is 3. The zero-order valence-electron chi connectivity index (χ0n) is 17.8. The van der Waals surface area contributed by atoms with Crippen LogP contribution in [0.2, 0.25) is 5.02 Å². The third-order valence-electron chi connectivity index (χ3n) is 5.72. The molecule has 0 spiro atoms. The van der Waals surface area contributed by atoms with Gasteiger partial charge in [0.15, 0.2) is 0 Å². The molecule has 1 fully saturated rings. The van der Waals surface area contributed by atoms with E-state index in [0.29, 0.717) is 30.2 Å². The third-order valence-corrected chi connectivity index (χ3v) is 5.97. The van der Waals surface area contributed by atoms with E-state index in [9.17, 15) is 9.59 Å². The maximum Gasteiger partial charge on any atom is 0.321 e. The molecule has 5 nitrogen and oxygen atoms in total. The highest BCUT2D eigenvalue weighted by atomic mass is 35.5. The van der Waals surface area contributed by atoms with Crippen LogP contribution >= 0.6 is 11.6 Å². The molecule has 1 heterocycles. The van der Waals surface area contributed by atoms with Gasteiger partial charge in [0.05, 0.1) is 0 Å². The molecule has 1 saturated heterocycles. The second-order valence-corrected chi connectivity index (χ2v) is 8.45. The normalized spacial score (nSPS) is 15.8. The van der Waals surface area contributed by atoms with Gasteiger partial charge in [0.1, 0.15) is 0 Å². The molecule has 3 amide bonds. The quantitative estimate of drug-likeness (QED) is 0.528. The fourth-order valence-electron chi connectivity index (χ4n) is 3.98. The number of urea groups is 1. The highest BCUT2D eigenvalue weighted by Gasteiger charge is 2.25. The molecule has 1 aliphatic heterocycles. The Kier molecular flexibility index (Phi) is 7.07. The topological polar surface area (TPSA) is 61.4 Å². The summed E-state index contributed by atoms with van der Waals surface area (Å²) in [6.07, 6.45) is 1.91. The summed E-state index contributed by atoms with van der Waals surface area (Å²) < 4.78 is 0. The molecule has 2 N–H and O–H groups in total. The number of halogens is 1. The van der Waals surface area contributed by atoms with E-state index in [1.54, 1.807) is 24.3 Å². The number of nitrogens with one attached hydrogen (secondary N) is 2. The van der Waals surface area contributed by atoms with Crippen molar-refractivity contribution in [3.8, 4) is 0 Å². The van der Waals surface area contributed by atoms with Crippen LogP contribution in [-0.2, 0) is 6.54 Å². The summed E-state index contributed by atoms with van der Waals surface area (Å²) in [5.41, 5.74) is 3.51. The molecule has 32 heavy (non-hydrogen) atoms. The van der Waals surface area contributed by atoms with Crippen molar-refractivity contribution < 1.29 is 9.59 Å². The van der Waals surface area contributed by atoms with Crippen molar-refractivity contribution in [2.45, 2.75) is 25.3 Å². The van der Waals surface area contributed by atoms with Gasteiger partial charge in [-0.3, -0.25) is 4.79 Å². The molecule has 3 aromatic rings. The maximum absolute atomic E-state index is 12.7. The van der Waals surface area contributed by atoms with Crippen molar-refractivity contribution in [3.63, 3.8) is 0 Å². The Morgan fingerprint density at radius 1 is 0.969 bits per heavy atom. The van der Waals surface area contributed by atoms with Crippen LogP contribution in [0.1, 0.15) is 40.2 Å². The predicted octanol–water partition coefficient (Wildman–Crippen LogP) is 5.68. The number of carbonyl (C=O) groups excluding carboxylic acids is 2. The first-order valence-corrected chi connectivity index (χ1v) is 11.2. The molecule has 0 bridgehead atoms. The van der Waals surface area contributed by atoms with E-state index in [2.05, 4.69) is 10.6 Å². The monoisotopic (exact) mass is 447 g/mol. The zero-order chi connectivity index (χ0) is 22.3. The van der Waals surface area contributed by atoms with E-state index in [1.165, 1.54) is 0 Å². The number of piperidine rings is 1. The summed E-state index contributed by atoms with van der Waals surface area (Å²) in [4.78, 5) is 27.2. The number of anilines is 1. The van der Waals surface area contributed by atoms with Gasteiger partial charge in [-0.25, -0.2) is 4.79 Å². The minimum absolute atomic E-state index is 0.0937. The Labute approximate surface area is 193 Å². The van der Waals surface area contributed by atoms with E-state index in [1.807, 2.05) is 59.5 Å².